The van der Waals surface area contributed by atoms with Crippen LogP contribution in [0.25, 0.3) is 0 Å². The normalized spacial score (nSPS) is 10.6. The Hall–Kier alpha value is -2.01. The van der Waals surface area contributed by atoms with Crippen LogP contribution in [0, 0.1) is 0 Å². The number of rotatable bonds is 11. The Morgan fingerprint density at radius 1 is 0.667 bits per heavy atom. The molecule has 0 aliphatic rings. The van der Waals surface area contributed by atoms with Crippen molar-refractivity contribution >= 4 is 11.9 Å². The Morgan fingerprint density at radius 3 is 1.30 bits per heavy atom. The fourth-order valence-electron chi connectivity index (χ4n) is 2.76. The molecule has 0 bridgehead atoms. The van der Waals surface area contributed by atoms with Crippen LogP contribution < -0.4 is 10.2 Å². The van der Waals surface area contributed by atoms with Gasteiger partial charge in [0.15, 0.2) is 0 Å². The molecule has 2 rings (SSSR count). The summed E-state index contributed by atoms with van der Waals surface area (Å²) in [5.41, 5.74) is 1.98. The molecule has 144 valence electrons. The van der Waals surface area contributed by atoms with Crippen molar-refractivity contribution in [3.63, 3.8) is 0 Å². The summed E-state index contributed by atoms with van der Waals surface area (Å²) in [7, 11) is 0. The van der Waals surface area contributed by atoms with Crippen LogP contribution in [0.3, 0.4) is 0 Å². The van der Waals surface area contributed by atoms with E-state index in [9.17, 15) is 19.8 Å². The van der Waals surface area contributed by atoms with E-state index < -0.39 is 11.9 Å². The summed E-state index contributed by atoms with van der Waals surface area (Å²) < 4.78 is 0. The predicted molar refractivity (Wildman–Crippen MR) is 93.5 cm³/mol. The molecule has 0 atom stereocenters. The van der Waals surface area contributed by atoms with E-state index in [0.29, 0.717) is 26.2 Å². The summed E-state index contributed by atoms with van der Waals surface area (Å²) in [5.74, 6) is -2.31. The number of hydrogen-bond donors (Lipinski definition) is 0. The predicted octanol–water partition coefficient (Wildman–Crippen LogP) is -0.512. The summed E-state index contributed by atoms with van der Waals surface area (Å²) in [6.45, 7) is 1.31. The Balaban J connectivity index is 0.00000364. The maximum atomic E-state index is 11.0. The second-order valence-electron chi connectivity index (χ2n) is 6.14. The summed E-state index contributed by atoms with van der Waals surface area (Å²) >= 11 is 0. The molecule has 0 aliphatic carbocycles. The van der Waals surface area contributed by atoms with Gasteiger partial charge < -0.3 is 19.8 Å². The van der Waals surface area contributed by atoms with Crippen LogP contribution in [-0.2, 0) is 43.7 Å². The van der Waals surface area contributed by atoms with Crippen LogP contribution in [0.1, 0.15) is 11.1 Å². The van der Waals surface area contributed by atoms with E-state index in [0.717, 1.165) is 11.1 Å². The molecule has 0 radical (unpaired) electrons. The molecule has 6 nitrogen and oxygen atoms in total. The van der Waals surface area contributed by atoms with E-state index in [1.165, 1.54) is 0 Å². The van der Waals surface area contributed by atoms with Gasteiger partial charge in [-0.1, -0.05) is 60.7 Å². The van der Waals surface area contributed by atoms with Gasteiger partial charge in [0, 0.05) is 39.3 Å². The number of aliphatic carboxylic acids is 2. The van der Waals surface area contributed by atoms with Crippen molar-refractivity contribution in [2.75, 3.05) is 26.2 Å². The van der Waals surface area contributed by atoms with Gasteiger partial charge in [-0.15, -0.1) is 0 Å². The average Bonchev–Trinajstić information content (AvgIpc) is 2.60. The van der Waals surface area contributed by atoms with Crippen LogP contribution in [0.4, 0.5) is 0 Å². The molecule has 0 aromatic heterocycles. The quantitative estimate of drug-likeness (QED) is 0.376. The zero-order valence-electron chi connectivity index (χ0n) is 14.9. The van der Waals surface area contributed by atoms with Crippen molar-refractivity contribution in [2.24, 2.45) is 0 Å². The molecule has 0 N–H and O–H groups in total. The van der Waals surface area contributed by atoms with Gasteiger partial charge in [0.1, 0.15) is 0 Å². The van der Waals surface area contributed by atoms with Gasteiger partial charge in [0.25, 0.3) is 0 Å². The van der Waals surface area contributed by atoms with Crippen molar-refractivity contribution in [2.45, 2.75) is 13.1 Å². The van der Waals surface area contributed by atoms with E-state index in [1.807, 2.05) is 60.7 Å². The third-order valence-electron chi connectivity index (χ3n) is 3.94. The molecule has 0 amide bonds. The van der Waals surface area contributed by atoms with Crippen molar-refractivity contribution < 1.29 is 40.9 Å². The van der Waals surface area contributed by atoms with Crippen molar-refractivity contribution in [3.05, 3.63) is 71.8 Å². The minimum absolute atomic E-state index is 0. The number of benzene rings is 2. The van der Waals surface area contributed by atoms with Crippen molar-refractivity contribution in [1.82, 2.24) is 9.80 Å². The molecule has 0 saturated heterocycles. The monoisotopic (exact) mass is 549 g/mol. The first-order valence-electron chi connectivity index (χ1n) is 8.45. The number of carboxylic acids is 2. The third kappa shape index (κ3) is 9.47. The van der Waals surface area contributed by atoms with Gasteiger partial charge in [-0.05, 0) is 11.1 Å². The smallest absolute Gasteiger partial charge is 0.549 e. The summed E-state index contributed by atoms with van der Waals surface area (Å²) in [5, 5.41) is 22.1. The fourth-order valence-corrected chi connectivity index (χ4v) is 2.76. The first-order valence-corrected chi connectivity index (χ1v) is 8.45. The van der Waals surface area contributed by atoms with Crippen molar-refractivity contribution in [1.29, 1.82) is 0 Å². The third-order valence-corrected chi connectivity index (χ3v) is 3.94. The molecule has 27 heavy (non-hydrogen) atoms. The average molecular weight is 549 g/mol. The molecule has 0 spiro atoms. The van der Waals surface area contributed by atoms with Crippen LogP contribution in [0.2, 0.25) is 0 Å². The summed E-state index contributed by atoms with van der Waals surface area (Å²) in [6.07, 6.45) is 0. The minimum atomic E-state index is -1.16. The Labute approximate surface area is 173 Å². The maximum absolute atomic E-state index is 11.0. The standard InChI is InChI=1S/C20H24N2O4.Pt/c23-19(24)15-21(13-17-7-3-1-4-8-17)11-12-22(16-20(25)26)14-18-9-5-2-6-10-18;/h1-10H,11-16H2,(H,23,24)(H,25,26);/q;+4/p-2. The molecule has 0 unspecified atom stereocenters. The first kappa shape index (κ1) is 23.0. The molecular formula is C20H22N2O4Pt+2. The molecule has 0 aliphatic heterocycles. The number of carbonyl (C=O) groups excluding carboxylic acids is 2. The van der Waals surface area contributed by atoms with Crippen LogP contribution >= 0.6 is 0 Å². The molecule has 2 aromatic carbocycles. The topological polar surface area (TPSA) is 86.7 Å². The minimum Gasteiger partial charge on any atom is -0.549 e. The van der Waals surface area contributed by atoms with Crippen molar-refractivity contribution in [3.8, 4) is 0 Å². The van der Waals surface area contributed by atoms with Gasteiger partial charge in [0.2, 0.25) is 0 Å². The van der Waals surface area contributed by atoms with E-state index in [-0.39, 0.29) is 34.2 Å². The molecule has 0 fully saturated rings. The maximum Gasteiger partial charge on any atom is 4.00 e. The molecule has 7 heteroatoms. The largest absolute Gasteiger partial charge is 4.00 e. The van der Waals surface area contributed by atoms with Crippen LogP contribution in [0.5, 0.6) is 0 Å². The Kier molecular flexibility index (Phi) is 10.6. The number of carbonyl (C=O) groups is 2. The van der Waals surface area contributed by atoms with Gasteiger partial charge >= 0.3 is 21.1 Å². The second kappa shape index (κ2) is 12.4. The van der Waals surface area contributed by atoms with E-state index in [2.05, 4.69) is 0 Å². The van der Waals surface area contributed by atoms with Gasteiger partial charge in [-0.3, -0.25) is 9.80 Å². The Morgan fingerprint density at radius 2 is 1.00 bits per heavy atom. The zero-order valence-corrected chi connectivity index (χ0v) is 17.1. The fraction of sp³-hybridized carbons (Fsp3) is 0.300. The van der Waals surface area contributed by atoms with Crippen LogP contribution in [0.15, 0.2) is 60.7 Å². The molecule has 2 aromatic rings. The number of carboxylic acid groups (broad SMARTS) is 2. The Bertz CT molecular complexity index is 636. The number of hydrogen-bond acceptors (Lipinski definition) is 6. The number of nitrogens with zero attached hydrogens (tertiary/aromatic N) is 2. The van der Waals surface area contributed by atoms with Crippen LogP contribution in [-0.4, -0.2) is 47.9 Å². The summed E-state index contributed by atoms with van der Waals surface area (Å²) in [4.78, 5) is 25.6. The van der Waals surface area contributed by atoms with Gasteiger partial charge in [0.05, 0.1) is 11.9 Å². The van der Waals surface area contributed by atoms with Gasteiger partial charge in [-0.25, -0.2) is 0 Å². The molecular weight excluding hydrogens is 527 g/mol. The molecule has 0 heterocycles. The molecule has 0 saturated carbocycles. The SMILES string of the molecule is O=C([O-])CN(CCN(CC(=O)[O-])Cc1ccccc1)Cc1ccccc1.[Pt+4]. The van der Waals surface area contributed by atoms with E-state index >= 15 is 0 Å². The van der Waals surface area contributed by atoms with Gasteiger partial charge in [-0.2, -0.15) is 0 Å². The van der Waals surface area contributed by atoms with E-state index in [1.54, 1.807) is 9.80 Å². The van der Waals surface area contributed by atoms with E-state index in [4.69, 9.17) is 0 Å². The zero-order chi connectivity index (χ0) is 18.8. The second-order valence-corrected chi connectivity index (χ2v) is 6.14. The summed E-state index contributed by atoms with van der Waals surface area (Å²) in [6, 6.07) is 19.1. The first-order chi connectivity index (χ1) is 12.5.